The molecule has 21 heavy (non-hydrogen) atoms. The number of halogens is 5. The molecular weight excluding hydrogens is 295 g/mol. The summed E-state index contributed by atoms with van der Waals surface area (Å²) in [4.78, 5) is 15.1. The van der Waals surface area contributed by atoms with Crippen LogP contribution in [0.4, 0.5) is 22.0 Å². The van der Waals surface area contributed by atoms with Crippen LogP contribution >= 0.6 is 0 Å². The molecule has 0 spiro atoms. The van der Waals surface area contributed by atoms with Crippen molar-refractivity contribution < 1.29 is 26.7 Å². The first-order chi connectivity index (χ1) is 9.84. The lowest BCUT2D eigenvalue weighted by molar-refractivity contribution is 0.0749. The molecule has 0 bridgehead atoms. The van der Waals surface area contributed by atoms with Gasteiger partial charge in [-0.05, 0) is 20.0 Å². The SMILES string of the molecule is CN1CCCN(C(=O)c2c(F)c(F)c(F)c(F)c2F)CC1. The summed E-state index contributed by atoms with van der Waals surface area (Å²) in [6.45, 7) is 1.50. The Hall–Kier alpha value is -1.70. The summed E-state index contributed by atoms with van der Waals surface area (Å²) in [7, 11) is 1.81. The van der Waals surface area contributed by atoms with Crippen molar-refractivity contribution in [3.05, 3.63) is 34.6 Å². The predicted octanol–water partition coefficient (Wildman–Crippen LogP) is 2.16. The van der Waals surface area contributed by atoms with Gasteiger partial charge in [-0.3, -0.25) is 4.79 Å². The molecule has 1 aliphatic rings. The van der Waals surface area contributed by atoms with Crippen molar-refractivity contribution in [1.29, 1.82) is 0 Å². The van der Waals surface area contributed by atoms with E-state index in [1.54, 1.807) is 0 Å². The molecule has 3 nitrogen and oxygen atoms in total. The van der Waals surface area contributed by atoms with E-state index in [-0.39, 0.29) is 13.1 Å². The molecular formula is C13H13F5N2O. The molecule has 1 fully saturated rings. The van der Waals surface area contributed by atoms with E-state index in [9.17, 15) is 26.7 Å². The number of amides is 1. The van der Waals surface area contributed by atoms with E-state index in [1.807, 2.05) is 11.9 Å². The van der Waals surface area contributed by atoms with Gasteiger partial charge in [0.25, 0.3) is 5.91 Å². The molecule has 2 rings (SSSR count). The van der Waals surface area contributed by atoms with Crippen LogP contribution in [-0.4, -0.2) is 48.9 Å². The van der Waals surface area contributed by atoms with Gasteiger partial charge in [-0.1, -0.05) is 0 Å². The Bertz CT molecular complexity index is 549. The topological polar surface area (TPSA) is 23.6 Å². The number of rotatable bonds is 1. The second-order valence-corrected chi connectivity index (χ2v) is 4.89. The van der Waals surface area contributed by atoms with E-state index in [4.69, 9.17) is 0 Å². The highest BCUT2D eigenvalue weighted by Gasteiger charge is 2.32. The van der Waals surface area contributed by atoms with Gasteiger partial charge >= 0.3 is 0 Å². The van der Waals surface area contributed by atoms with Crippen LogP contribution in [0.5, 0.6) is 0 Å². The molecule has 0 radical (unpaired) electrons. The van der Waals surface area contributed by atoms with Gasteiger partial charge in [-0.25, -0.2) is 22.0 Å². The molecule has 0 saturated carbocycles. The van der Waals surface area contributed by atoms with E-state index in [1.165, 1.54) is 0 Å². The van der Waals surface area contributed by atoms with Gasteiger partial charge in [0.1, 0.15) is 5.56 Å². The molecule has 0 N–H and O–H groups in total. The Labute approximate surface area is 117 Å². The number of nitrogens with zero attached hydrogens (tertiary/aromatic N) is 2. The maximum atomic E-state index is 13.6. The number of carbonyl (C=O) groups is 1. The summed E-state index contributed by atoms with van der Waals surface area (Å²) in [5.41, 5.74) is -1.39. The smallest absolute Gasteiger partial charge is 0.260 e. The molecule has 8 heteroatoms. The zero-order chi connectivity index (χ0) is 15.7. The molecule has 1 amide bonds. The quantitative estimate of drug-likeness (QED) is 0.451. The number of likely N-dealkylation sites (N-methyl/N-ethyl adjacent to an activating group) is 1. The van der Waals surface area contributed by atoms with Crippen LogP contribution in [0.3, 0.4) is 0 Å². The van der Waals surface area contributed by atoms with Crippen LogP contribution < -0.4 is 0 Å². The summed E-state index contributed by atoms with van der Waals surface area (Å²) in [5, 5.41) is 0. The van der Waals surface area contributed by atoms with Gasteiger partial charge < -0.3 is 9.80 Å². The van der Waals surface area contributed by atoms with Gasteiger partial charge in [0.05, 0.1) is 0 Å². The summed E-state index contributed by atoms with van der Waals surface area (Å²) in [6.07, 6.45) is 0.553. The van der Waals surface area contributed by atoms with E-state index in [0.29, 0.717) is 19.5 Å². The number of hydrogen-bond acceptors (Lipinski definition) is 2. The number of hydrogen-bond donors (Lipinski definition) is 0. The fraction of sp³-hybridized carbons (Fsp3) is 0.462. The predicted molar refractivity (Wildman–Crippen MR) is 64.2 cm³/mol. The molecule has 1 aromatic carbocycles. The van der Waals surface area contributed by atoms with Gasteiger partial charge in [0.15, 0.2) is 23.3 Å². The monoisotopic (exact) mass is 308 g/mol. The Kier molecular flexibility index (Phi) is 4.46. The molecule has 0 atom stereocenters. The minimum absolute atomic E-state index is 0.162. The summed E-state index contributed by atoms with van der Waals surface area (Å²) < 4.78 is 66.4. The lowest BCUT2D eigenvalue weighted by atomic mass is 10.1. The van der Waals surface area contributed by atoms with E-state index < -0.39 is 40.6 Å². The van der Waals surface area contributed by atoms with Crippen molar-refractivity contribution >= 4 is 5.91 Å². The Morgan fingerprint density at radius 1 is 0.810 bits per heavy atom. The van der Waals surface area contributed by atoms with Crippen LogP contribution in [0.1, 0.15) is 16.8 Å². The van der Waals surface area contributed by atoms with Crippen LogP contribution in [-0.2, 0) is 0 Å². The highest BCUT2D eigenvalue weighted by atomic mass is 19.2. The van der Waals surface area contributed by atoms with Crippen LogP contribution in [0.2, 0.25) is 0 Å². The maximum absolute atomic E-state index is 13.6. The molecule has 1 saturated heterocycles. The minimum Gasteiger partial charge on any atom is -0.337 e. The first-order valence-corrected chi connectivity index (χ1v) is 6.33. The standard InChI is InChI=1S/C13H13F5N2O/c1-19-3-2-4-20(6-5-19)13(21)7-8(14)10(16)12(18)11(17)9(7)15/h2-6H2,1H3. The lowest BCUT2D eigenvalue weighted by Crippen LogP contribution is -2.36. The zero-order valence-corrected chi connectivity index (χ0v) is 11.2. The maximum Gasteiger partial charge on any atom is 0.260 e. The molecule has 0 aromatic heterocycles. The Balaban J connectivity index is 2.39. The van der Waals surface area contributed by atoms with E-state index in [0.717, 1.165) is 4.90 Å². The first kappa shape index (κ1) is 15.7. The lowest BCUT2D eigenvalue weighted by Gasteiger charge is -2.21. The number of carbonyl (C=O) groups excluding carboxylic acids is 1. The van der Waals surface area contributed by atoms with Crippen molar-refractivity contribution in [3.63, 3.8) is 0 Å². The van der Waals surface area contributed by atoms with Crippen molar-refractivity contribution in [2.75, 3.05) is 33.2 Å². The first-order valence-electron chi connectivity index (χ1n) is 6.33. The van der Waals surface area contributed by atoms with Gasteiger partial charge in [0.2, 0.25) is 5.82 Å². The van der Waals surface area contributed by atoms with Crippen molar-refractivity contribution in [1.82, 2.24) is 9.80 Å². The summed E-state index contributed by atoms with van der Waals surface area (Å²) in [6, 6.07) is 0. The summed E-state index contributed by atoms with van der Waals surface area (Å²) in [5.74, 6) is -11.8. The van der Waals surface area contributed by atoms with Crippen LogP contribution in [0, 0.1) is 29.1 Å². The van der Waals surface area contributed by atoms with Crippen molar-refractivity contribution in [2.45, 2.75) is 6.42 Å². The highest BCUT2D eigenvalue weighted by Crippen LogP contribution is 2.24. The summed E-state index contributed by atoms with van der Waals surface area (Å²) >= 11 is 0. The average Bonchev–Trinajstić information content (AvgIpc) is 2.68. The van der Waals surface area contributed by atoms with Crippen LogP contribution in [0.15, 0.2) is 0 Å². The second kappa shape index (κ2) is 5.97. The fourth-order valence-electron chi connectivity index (χ4n) is 2.20. The average molecular weight is 308 g/mol. The van der Waals surface area contributed by atoms with E-state index in [2.05, 4.69) is 0 Å². The van der Waals surface area contributed by atoms with Gasteiger partial charge in [-0.2, -0.15) is 0 Å². The fourth-order valence-corrected chi connectivity index (χ4v) is 2.20. The Morgan fingerprint density at radius 3 is 1.90 bits per heavy atom. The Morgan fingerprint density at radius 2 is 1.33 bits per heavy atom. The molecule has 116 valence electrons. The number of benzene rings is 1. The normalized spacial score (nSPS) is 17.0. The van der Waals surface area contributed by atoms with Gasteiger partial charge in [-0.15, -0.1) is 0 Å². The second-order valence-electron chi connectivity index (χ2n) is 4.89. The van der Waals surface area contributed by atoms with Gasteiger partial charge in [0, 0.05) is 19.6 Å². The third kappa shape index (κ3) is 2.85. The van der Waals surface area contributed by atoms with E-state index >= 15 is 0 Å². The minimum atomic E-state index is -2.27. The highest BCUT2D eigenvalue weighted by molar-refractivity contribution is 5.95. The molecule has 0 aliphatic carbocycles. The van der Waals surface area contributed by atoms with Crippen LogP contribution in [0.25, 0.3) is 0 Å². The zero-order valence-electron chi connectivity index (χ0n) is 11.2. The third-order valence-corrected chi connectivity index (χ3v) is 3.43. The van der Waals surface area contributed by atoms with Crippen molar-refractivity contribution in [2.24, 2.45) is 0 Å². The van der Waals surface area contributed by atoms with Crippen molar-refractivity contribution in [3.8, 4) is 0 Å². The third-order valence-electron chi connectivity index (χ3n) is 3.43. The molecule has 0 unspecified atom stereocenters. The molecule has 1 aliphatic heterocycles. The molecule has 1 heterocycles. The largest absolute Gasteiger partial charge is 0.337 e. The molecule has 1 aromatic rings.